The van der Waals surface area contributed by atoms with Crippen molar-refractivity contribution in [3.63, 3.8) is 0 Å². The molecule has 0 aromatic rings. The average Bonchev–Trinajstić information content (AvgIpc) is 2.62. The third-order valence-electron chi connectivity index (χ3n) is 5.41. The minimum atomic E-state index is -4.08. The number of hydrogen-bond acceptors (Lipinski definition) is 9. The van der Waals surface area contributed by atoms with Gasteiger partial charge in [0.1, 0.15) is 36.6 Å². The van der Waals surface area contributed by atoms with Crippen LogP contribution in [-0.4, -0.2) is 94.8 Å². The first-order chi connectivity index (χ1) is 19.0. The van der Waals surface area contributed by atoms with Crippen LogP contribution in [0, 0.1) is 0 Å². The molecule has 1 saturated carbocycles. The molecule has 0 aliphatic heterocycles. The highest BCUT2D eigenvalue weighted by Gasteiger charge is 2.60. The molecule has 0 amide bonds. The van der Waals surface area contributed by atoms with E-state index in [2.05, 4.69) is 98.2 Å². The van der Waals surface area contributed by atoms with Crippen LogP contribution in [0.2, 0.25) is 137 Å². The van der Waals surface area contributed by atoms with Crippen LogP contribution in [0.4, 0.5) is 0 Å². The van der Waals surface area contributed by atoms with Crippen molar-refractivity contribution >= 4 is 66.0 Å². The molecule has 0 N–H and O–H groups in total. The van der Waals surface area contributed by atoms with Crippen molar-refractivity contribution in [3.05, 3.63) is 0 Å². The molecule has 9 nitrogen and oxygen atoms in total. The lowest BCUT2D eigenvalue weighted by atomic mass is 9.85. The maximum atomic E-state index is 14.9. The van der Waals surface area contributed by atoms with Gasteiger partial charge in [-0.05, 0) is 137 Å². The van der Waals surface area contributed by atoms with Crippen molar-refractivity contribution in [2.24, 2.45) is 0 Å². The zero-order chi connectivity index (χ0) is 35.1. The van der Waals surface area contributed by atoms with Crippen molar-refractivity contribution in [1.29, 1.82) is 0 Å². The van der Waals surface area contributed by atoms with E-state index in [0.29, 0.717) is 0 Å². The minimum Gasteiger partial charge on any atom is -0.409 e. The molecule has 44 heavy (non-hydrogen) atoms. The maximum absolute atomic E-state index is 14.9. The fraction of sp³-hybridized carbons (Fsp3) is 1.00. The van der Waals surface area contributed by atoms with Gasteiger partial charge in [0.25, 0.3) is 0 Å². The maximum Gasteiger partial charge on any atom is 0.455 e. The van der Waals surface area contributed by atoms with Gasteiger partial charge in [0.15, 0.2) is 58.2 Å². The highest BCUT2D eigenvalue weighted by molar-refractivity contribution is 7.52. The Labute approximate surface area is 278 Å². The topological polar surface area (TPSA) is 90.9 Å². The highest BCUT2D eigenvalue weighted by Crippen LogP contribution is 2.57. The Morgan fingerprint density at radius 2 is 0.500 bits per heavy atom. The quantitative estimate of drug-likeness (QED) is 0.113. The number of rotatable bonds is 16. The Balaban J connectivity index is 4.21. The third-order valence-corrected chi connectivity index (χ3v) is 17.0. The summed E-state index contributed by atoms with van der Waals surface area (Å²) in [7, 11) is -19.8. The molecule has 0 aromatic heterocycles. The van der Waals surface area contributed by atoms with Crippen LogP contribution in [0.1, 0.15) is 0 Å². The first-order valence-corrected chi connectivity index (χ1v) is 41.4. The smallest absolute Gasteiger partial charge is 0.409 e. The summed E-state index contributed by atoms with van der Waals surface area (Å²) in [6, 6.07) is 0. The fourth-order valence-corrected chi connectivity index (χ4v) is 17.0. The van der Waals surface area contributed by atoms with Crippen molar-refractivity contribution in [3.8, 4) is 0 Å². The lowest BCUT2D eigenvalue weighted by molar-refractivity contribution is -0.196. The van der Waals surface area contributed by atoms with Crippen LogP contribution in [-0.2, 0) is 39.6 Å². The molecule has 0 radical (unpaired) electrons. The van der Waals surface area contributed by atoms with E-state index >= 15 is 0 Å². The van der Waals surface area contributed by atoms with Crippen LogP contribution in [0.5, 0.6) is 0 Å². The summed E-state index contributed by atoms with van der Waals surface area (Å²) in [6.45, 7) is 44.5. The predicted molar refractivity (Wildman–Crippen MR) is 202 cm³/mol. The summed E-state index contributed by atoms with van der Waals surface area (Å²) < 4.78 is 69.6. The lowest BCUT2D eigenvalue weighted by Crippen LogP contribution is -2.72. The van der Waals surface area contributed by atoms with E-state index < -0.39 is 103 Å². The van der Waals surface area contributed by atoms with Gasteiger partial charge in [-0.3, -0.25) is 4.52 Å². The molecule has 1 aliphatic carbocycles. The molecule has 1 aliphatic rings. The molecule has 0 spiro atoms. The van der Waals surface area contributed by atoms with Crippen molar-refractivity contribution in [2.45, 2.75) is 174 Å². The second kappa shape index (κ2) is 14.7. The Bertz CT molecular complexity index is 908. The van der Waals surface area contributed by atoms with Crippen LogP contribution in [0.25, 0.3) is 0 Å². The van der Waals surface area contributed by atoms with E-state index in [0.717, 1.165) is 0 Å². The summed E-state index contributed by atoms with van der Waals surface area (Å²) in [5, 5.41) is 0. The monoisotopic (exact) mass is 764 g/mol. The van der Waals surface area contributed by atoms with Gasteiger partial charge in [-0.25, -0.2) is 4.57 Å². The molecule has 1 fully saturated rings. The van der Waals surface area contributed by atoms with Crippen molar-refractivity contribution in [1.82, 2.24) is 0 Å². The molecule has 6 atom stereocenters. The summed E-state index contributed by atoms with van der Waals surface area (Å²) in [5.41, 5.74) is 0. The second-order valence-corrected chi connectivity index (χ2v) is 52.2. The molecule has 2 unspecified atom stereocenters. The summed E-state index contributed by atoms with van der Waals surface area (Å²) in [6.07, 6.45) is -3.63. The van der Waals surface area contributed by atoms with Gasteiger partial charge in [-0.15, -0.1) is 0 Å². The molecular formula is C27H69O9PSi7. The molecule has 0 saturated heterocycles. The van der Waals surface area contributed by atoms with Crippen molar-refractivity contribution < 1.29 is 39.6 Å². The van der Waals surface area contributed by atoms with E-state index in [1.165, 1.54) is 0 Å². The standard InChI is InChI=1S/C27H69O9PSi7/c1-38(2,3)30-23-22(29-37(28,35-43(16,17)18)36-44(19,20)21)24(31-39(4,5)6)26(33-41(10,11)12)27(34-42(13,14)15)25(23)32-40(7,8)9/h22-27H,1-21H3/t22?,23-,24-,25-,26+,27?/m0/s1. The molecular weight excluding hydrogens is 696 g/mol. The fourth-order valence-electron chi connectivity index (χ4n) is 4.84. The van der Waals surface area contributed by atoms with E-state index in [4.69, 9.17) is 35.1 Å². The van der Waals surface area contributed by atoms with Crippen LogP contribution in [0.15, 0.2) is 0 Å². The van der Waals surface area contributed by atoms with Crippen LogP contribution >= 0.6 is 7.82 Å². The zero-order valence-electron chi connectivity index (χ0n) is 32.1. The van der Waals surface area contributed by atoms with Gasteiger partial charge in [0.05, 0.1) is 0 Å². The average molecular weight is 765 g/mol. The first-order valence-electron chi connectivity index (χ1n) is 16.1. The Morgan fingerprint density at radius 3 is 0.659 bits per heavy atom. The van der Waals surface area contributed by atoms with Crippen LogP contribution < -0.4 is 0 Å². The SMILES string of the molecule is C[Si](C)(C)OC1[C@@H](O[Si](C)(C)C)[C@@H](O[Si](C)(C)C)C(OP(=O)(O[Si](C)(C)C)O[Si](C)(C)C)[C@H](O[Si](C)(C)C)[C@H]1O[Si](C)(C)C. The highest BCUT2D eigenvalue weighted by atomic mass is 31.2. The number of phosphoric acid groups is 1. The molecule has 17 heteroatoms. The molecule has 1 rings (SSSR count). The largest absolute Gasteiger partial charge is 0.455 e. The first kappa shape index (κ1) is 43.5. The number of hydrogen-bond donors (Lipinski definition) is 0. The Kier molecular flexibility index (Phi) is 14.5. The molecule has 264 valence electrons. The lowest BCUT2D eigenvalue weighted by Gasteiger charge is -2.55. The van der Waals surface area contributed by atoms with Crippen LogP contribution in [0.3, 0.4) is 0 Å². The van der Waals surface area contributed by atoms with Gasteiger partial charge >= 0.3 is 7.82 Å². The van der Waals surface area contributed by atoms with E-state index in [9.17, 15) is 4.57 Å². The Hall–Kier alpha value is 1.43. The summed E-state index contributed by atoms with van der Waals surface area (Å²) in [4.78, 5) is 0. The third kappa shape index (κ3) is 17.2. The predicted octanol–water partition coefficient (Wildman–Crippen LogP) is 9.30. The summed E-state index contributed by atoms with van der Waals surface area (Å²) >= 11 is 0. The van der Waals surface area contributed by atoms with Gasteiger partial charge in [-0.2, -0.15) is 0 Å². The van der Waals surface area contributed by atoms with Crippen molar-refractivity contribution in [2.75, 3.05) is 0 Å². The normalized spacial score (nSPS) is 27.1. The minimum absolute atomic E-state index is 0.460. The van der Waals surface area contributed by atoms with Gasteiger partial charge < -0.3 is 30.6 Å². The molecule has 0 aromatic carbocycles. The second-order valence-electron chi connectivity index (χ2n) is 18.9. The zero-order valence-corrected chi connectivity index (χ0v) is 40.0. The Morgan fingerprint density at radius 1 is 0.318 bits per heavy atom. The van der Waals surface area contributed by atoms with Gasteiger partial charge in [-0.1, -0.05) is 0 Å². The summed E-state index contributed by atoms with van der Waals surface area (Å²) in [5.74, 6) is 0. The van der Waals surface area contributed by atoms with E-state index in [1.807, 2.05) is 39.3 Å². The van der Waals surface area contributed by atoms with Gasteiger partial charge in [0, 0.05) is 0 Å². The molecule has 0 heterocycles. The molecule has 0 bridgehead atoms. The van der Waals surface area contributed by atoms with E-state index in [-0.39, 0.29) is 0 Å². The van der Waals surface area contributed by atoms with E-state index in [1.54, 1.807) is 0 Å². The van der Waals surface area contributed by atoms with Gasteiger partial charge in [0.2, 0.25) is 0 Å².